The monoisotopic (exact) mass is 458 g/mol. The molecule has 33 heavy (non-hydrogen) atoms. The van der Waals surface area contributed by atoms with Gasteiger partial charge in [-0.2, -0.15) is 0 Å². The van der Waals surface area contributed by atoms with E-state index in [1.165, 1.54) is 32.1 Å². The summed E-state index contributed by atoms with van der Waals surface area (Å²) in [4.78, 5) is 24.5. The Balaban J connectivity index is 2.00. The van der Waals surface area contributed by atoms with Crippen LogP contribution in [0.15, 0.2) is 36.5 Å². The van der Waals surface area contributed by atoms with Gasteiger partial charge in [0.2, 0.25) is 11.7 Å². The normalized spacial score (nSPS) is 14.9. The lowest BCUT2D eigenvalue weighted by Gasteiger charge is -2.27. The zero-order valence-corrected chi connectivity index (χ0v) is 17.9. The number of aromatic carboxylic acids is 1. The highest BCUT2D eigenvalue weighted by atomic mass is 19.1. The van der Waals surface area contributed by atoms with Gasteiger partial charge < -0.3 is 29.2 Å². The van der Waals surface area contributed by atoms with Crippen molar-refractivity contribution >= 4 is 17.6 Å². The lowest BCUT2D eigenvalue weighted by molar-refractivity contribution is -0.116. The largest absolute Gasteiger partial charge is 0.493 e. The first-order valence-corrected chi connectivity index (χ1v) is 9.82. The van der Waals surface area contributed by atoms with E-state index in [9.17, 15) is 23.5 Å². The standard InChI is InChI=1S/C23H20F2N2O6/c1-31-17-4-11(5-18(32-2)22(17)33-3)15-9-19(28)26-20-16(23(29)30)10-27(21(15)20)14-7-12(24)6-13(25)8-14/h4-8,10,15H,9H2,1-3H3,(H,26,28)(H,29,30). The lowest BCUT2D eigenvalue weighted by atomic mass is 9.87. The molecule has 1 amide bonds. The van der Waals surface area contributed by atoms with Gasteiger partial charge >= 0.3 is 5.97 Å². The molecule has 0 fully saturated rings. The van der Waals surface area contributed by atoms with E-state index in [2.05, 4.69) is 5.32 Å². The maximum Gasteiger partial charge on any atom is 0.339 e. The van der Waals surface area contributed by atoms with Crippen LogP contribution >= 0.6 is 0 Å². The number of benzene rings is 2. The second-order valence-electron chi connectivity index (χ2n) is 7.37. The number of carboxylic acids is 1. The third-order valence-electron chi connectivity index (χ3n) is 5.47. The number of carbonyl (C=O) groups excluding carboxylic acids is 1. The molecule has 0 radical (unpaired) electrons. The zero-order valence-electron chi connectivity index (χ0n) is 17.9. The van der Waals surface area contributed by atoms with Crippen molar-refractivity contribution in [3.63, 3.8) is 0 Å². The predicted molar refractivity (Wildman–Crippen MR) is 114 cm³/mol. The summed E-state index contributed by atoms with van der Waals surface area (Å²) in [5.74, 6) is -3.01. The van der Waals surface area contributed by atoms with E-state index in [0.717, 1.165) is 18.2 Å². The summed E-state index contributed by atoms with van der Waals surface area (Å²) in [6.07, 6.45) is 1.18. The van der Waals surface area contributed by atoms with Crippen LogP contribution in [0, 0.1) is 11.6 Å². The van der Waals surface area contributed by atoms with Gasteiger partial charge in [-0.15, -0.1) is 0 Å². The SMILES string of the molecule is COc1cc(C2CC(=O)Nc3c(C(=O)O)cn(-c4cc(F)cc(F)c4)c32)cc(OC)c1OC. The van der Waals surface area contributed by atoms with Crippen LogP contribution < -0.4 is 19.5 Å². The van der Waals surface area contributed by atoms with E-state index in [4.69, 9.17) is 14.2 Å². The molecule has 0 bridgehead atoms. The molecule has 0 saturated carbocycles. The lowest BCUT2D eigenvalue weighted by Crippen LogP contribution is -2.25. The number of aromatic nitrogens is 1. The number of methoxy groups -OCH3 is 3. The molecular weight excluding hydrogens is 438 g/mol. The van der Waals surface area contributed by atoms with Gasteiger partial charge in [0.1, 0.15) is 17.2 Å². The van der Waals surface area contributed by atoms with Crippen molar-refractivity contribution in [2.24, 2.45) is 0 Å². The van der Waals surface area contributed by atoms with Crippen LogP contribution in [-0.4, -0.2) is 42.9 Å². The van der Waals surface area contributed by atoms with Crippen molar-refractivity contribution in [3.8, 4) is 22.9 Å². The Labute approximate surface area is 187 Å². The molecule has 0 aliphatic carbocycles. The fourth-order valence-electron chi connectivity index (χ4n) is 4.10. The fourth-order valence-corrected chi connectivity index (χ4v) is 4.10. The Morgan fingerprint density at radius 1 is 1.03 bits per heavy atom. The van der Waals surface area contributed by atoms with E-state index < -0.39 is 29.4 Å². The van der Waals surface area contributed by atoms with Crippen molar-refractivity contribution in [3.05, 3.63) is 65.0 Å². The summed E-state index contributed by atoms with van der Waals surface area (Å²) >= 11 is 0. The molecule has 10 heteroatoms. The number of amides is 1. The number of hydrogen-bond donors (Lipinski definition) is 2. The Hall–Kier alpha value is -4.08. The van der Waals surface area contributed by atoms with E-state index >= 15 is 0 Å². The molecular formula is C23H20F2N2O6. The third-order valence-corrected chi connectivity index (χ3v) is 5.47. The van der Waals surface area contributed by atoms with Crippen molar-refractivity contribution in [1.29, 1.82) is 0 Å². The van der Waals surface area contributed by atoms with Crippen molar-refractivity contribution in [2.75, 3.05) is 26.6 Å². The summed E-state index contributed by atoms with van der Waals surface area (Å²) in [6.45, 7) is 0. The smallest absolute Gasteiger partial charge is 0.339 e. The summed E-state index contributed by atoms with van der Waals surface area (Å²) in [5.41, 5.74) is 0.840. The van der Waals surface area contributed by atoms with E-state index in [1.54, 1.807) is 12.1 Å². The number of carboxylic acid groups (broad SMARTS) is 1. The second-order valence-corrected chi connectivity index (χ2v) is 7.37. The van der Waals surface area contributed by atoms with Crippen molar-refractivity contribution in [1.82, 2.24) is 4.57 Å². The van der Waals surface area contributed by atoms with Gasteiger partial charge in [0.15, 0.2) is 11.5 Å². The van der Waals surface area contributed by atoms with Crippen LogP contribution in [0.5, 0.6) is 17.2 Å². The second kappa shape index (κ2) is 8.45. The Morgan fingerprint density at radius 3 is 2.15 bits per heavy atom. The van der Waals surface area contributed by atoms with Gasteiger partial charge in [-0.3, -0.25) is 4.79 Å². The highest BCUT2D eigenvalue weighted by molar-refractivity contribution is 6.04. The zero-order chi connectivity index (χ0) is 23.9. The average molecular weight is 458 g/mol. The number of hydrogen-bond acceptors (Lipinski definition) is 5. The van der Waals surface area contributed by atoms with E-state index in [-0.39, 0.29) is 23.4 Å². The molecule has 2 N–H and O–H groups in total. The predicted octanol–water partition coefficient (Wildman–Crippen LogP) is 3.95. The molecule has 0 spiro atoms. The molecule has 1 aliphatic heterocycles. The minimum Gasteiger partial charge on any atom is -0.493 e. The van der Waals surface area contributed by atoms with E-state index in [1.807, 2.05) is 0 Å². The Kier molecular flexibility index (Phi) is 5.67. The van der Waals surface area contributed by atoms with Crippen LogP contribution in [0.2, 0.25) is 0 Å². The third kappa shape index (κ3) is 3.84. The number of nitrogens with zero attached hydrogens (tertiary/aromatic N) is 1. The molecule has 4 rings (SSSR count). The number of rotatable bonds is 6. The molecule has 0 saturated heterocycles. The fraction of sp³-hybridized carbons (Fsp3) is 0.217. The molecule has 8 nitrogen and oxygen atoms in total. The molecule has 1 atom stereocenters. The van der Waals surface area contributed by atoms with Gasteiger partial charge in [0.05, 0.1) is 38.4 Å². The summed E-state index contributed by atoms with van der Waals surface area (Å²) in [6, 6.07) is 6.18. The van der Waals surface area contributed by atoms with E-state index in [0.29, 0.717) is 28.5 Å². The number of nitrogens with one attached hydrogen (secondary N) is 1. The van der Waals surface area contributed by atoms with Gasteiger partial charge in [-0.25, -0.2) is 13.6 Å². The molecule has 3 aromatic rings. The molecule has 172 valence electrons. The number of carbonyl (C=O) groups is 2. The van der Waals surface area contributed by atoms with Gasteiger partial charge in [0.25, 0.3) is 0 Å². The molecule has 1 aromatic heterocycles. The van der Waals surface area contributed by atoms with Crippen LogP contribution in [0.25, 0.3) is 5.69 Å². The van der Waals surface area contributed by atoms with Crippen molar-refractivity contribution in [2.45, 2.75) is 12.3 Å². The minimum atomic E-state index is -1.30. The van der Waals surface area contributed by atoms with Gasteiger partial charge in [0, 0.05) is 24.6 Å². The Morgan fingerprint density at radius 2 is 1.64 bits per heavy atom. The van der Waals surface area contributed by atoms with Crippen molar-refractivity contribution < 1.29 is 37.7 Å². The number of halogens is 2. The first kappa shape index (κ1) is 22.1. The maximum atomic E-state index is 14.0. The number of anilines is 1. The number of fused-ring (bicyclic) bond motifs is 1. The van der Waals surface area contributed by atoms with Crippen LogP contribution in [0.1, 0.15) is 34.0 Å². The highest BCUT2D eigenvalue weighted by Crippen LogP contribution is 2.46. The molecule has 2 aromatic carbocycles. The first-order valence-electron chi connectivity index (χ1n) is 9.82. The first-order chi connectivity index (χ1) is 15.8. The summed E-state index contributed by atoms with van der Waals surface area (Å²) < 4.78 is 45.5. The van der Waals surface area contributed by atoms with Crippen LogP contribution in [-0.2, 0) is 4.79 Å². The molecule has 1 unspecified atom stereocenters. The average Bonchev–Trinajstić information content (AvgIpc) is 3.16. The number of ether oxygens (including phenoxy) is 3. The molecule has 2 heterocycles. The van der Waals surface area contributed by atoms with Gasteiger partial charge in [-0.1, -0.05) is 0 Å². The summed E-state index contributed by atoms with van der Waals surface area (Å²) in [5, 5.41) is 12.3. The quantitative estimate of drug-likeness (QED) is 0.580. The molecule has 1 aliphatic rings. The topological polar surface area (TPSA) is 99.0 Å². The van der Waals surface area contributed by atoms with Gasteiger partial charge in [-0.05, 0) is 29.8 Å². The maximum absolute atomic E-state index is 14.0. The minimum absolute atomic E-state index is 0.0491. The van der Waals surface area contributed by atoms with Crippen LogP contribution in [0.3, 0.4) is 0 Å². The Bertz CT molecular complexity index is 1220. The highest BCUT2D eigenvalue weighted by Gasteiger charge is 2.35. The summed E-state index contributed by atoms with van der Waals surface area (Å²) in [7, 11) is 4.34. The van der Waals surface area contributed by atoms with Crippen LogP contribution in [0.4, 0.5) is 14.5 Å².